The number of carboxylic acid groups (broad SMARTS) is 1. The lowest BCUT2D eigenvalue weighted by Crippen LogP contribution is -2.38. The van der Waals surface area contributed by atoms with E-state index in [0.717, 1.165) is 5.56 Å². The molecule has 2 rings (SSSR count). The number of rotatable bonds is 5. The zero-order valence-electron chi connectivity index (χ0n) is 15.7. The molecule has 0 aliphatic rings. The predicted molar refractivity (Wildman–Crippen MR) is 102 cm³/mol. The molecular formula is C20H23N3O4. The van der Waals surface area contributed by atoms with Crippen molar-refractivity contribution in [1.29, 1.82) is 0 Å². The average Bonchev–Trinajstić information content (AvgIpc) is 2.61. The van der Waals surface area contributed by atoms with Gasteiger partial charge in [0.25, 0.3) is 11.8 Å². The Morgan fingerprint density at radius 3 is 2.11 bits per heavy atom. The van der Waals surface area contributed by atoms with Gasteiger partial charge in [-0.2, -0.15) is 0 Å². The first-order valence-electron chi connectivity index (χ1n) is 8.49. The summed E-state index contributed by atoms with van der Waals surface area (Å²) >= 11 is 0. The van der Waals surface area contributed by atoms with Gasteiger partial charge in [0.1, 0.15) is 11.7 Å². The summed E-state index contributed by atoms with van der Waals surface area (Å²) in [5.74, 6) is -1.97. The van der Waals surface area contributed by atoms with Gasteiger partial charge in [-0.15, -0.1) is 0 Å². The molecule has 2 amide bonds. The Kier molecular flexibility index (Phi) is 5.95. The van der Waals surface area contributed by atoms with Gasteiger partial charge in [-0.05, 0) is 48.2 Å². The molecule has 1 aromatic carbocycles. The van der Waals surface area contributed by atoms with Crippen LogP contribution in [0.2, 0.25) is 0 Å². The molecular weight excluding hydrogens is 346 g/mol. The van der Waals surface area contributed by atoms with Gasteiger partial charge in [0.05, 0.1) is 0 Å². The third-order valence-electron chi connectivity index (χ3n) is 3.99. The molecule has 1 aromatic heterocycles. The lowest BCUT2D eigenvalue weighted by atomic mass is 9.88. The Bertz CT molecular complexity index is 837. The first-order chi connectivity index (χ1) is 12.6. The minimum absolute atomic E-state index is 0.0451. The largest absolute Gasteiger partial charge is 0.480 e. The van der Waals surface area contributed by atoms with Gasteiger partial charge in [0, 0.05) is 17.4 Å². The van der Waals surface area contributed by atoms with Crippen LogP contribution in [0.3, 0.4) is 0 Å². The quantitative estimate of drug-likeness (QED) is 0.751. The zero-order valence-corrected chi connectivity index (χ0v) is 15.7. The van der Waals surface area contributed by atoms with Crippen LogP contribution in [0, 0.1) is 0 Å². The normalized spacial score (nSPS) is 12.1. The van der Waals surface area contributed by atoms with E-state index in [1.165, 1.54) is 19.1 Å². The molecule has 7 heteroatoms. The molecule has 1 unspecified atom stereocenters. The summed E-state index contributed by atoms with van der Waals surface area (Å²) in [5, 5.41) is 13.9. The molecule has 0 radical (unpaired) electrons. The summed E-state index contributed by atoms with van der Waals surface area (Å²) in [6.07, 6.45) is 1.69. The minimum Gasteiger partial charge on any atom is -0.480 e. The number of benzene rings is 1. The molecule has 7 nitrogen and oxygen atoms in total. The smallest absolute Gasteiger partial charge is 0.325 e. The SMILES string of the molecule is CC(NC(=O)c1ccc(NC(=O)c2ccc(C(C)(C)C)cn2)cc1)C(=O)O. The molecule has 2 aromatic rings. The Labute approximate surface area is 157 Å². The summed E-state index contributed by atoms with van der Waals surface area (Å²) < 4.78 is 0. The highest BCUT2D eigenvalue weighted by Crippen LogP contribution is 2.21. The second-order valence-corrected chi connectivity index (χ2v) is 7.25. The molecule has 142 valence electrons. The van der Waals surface area contributed by atoms with Crippen LogP contribution in [-0.4, -0.2) is 33.9 Å². The topological polar surface area (TPSA) is 108 Å². The molecule has 0 fully saturated rings. The molecule has 0 bridgehead atoms. The predicted octanol–water partition coefficient (Wildman–Crippen LogP) is 2.83. The maximum absolute atomic E-state index is 12.3. The number of carboxylic acids is 1. The van der Waals surface area contributed by atoms with Crippen molar-refractivity contribution in [2.24, 2.45) is 0 Å². The van der Waals surface area contributed by atoms with Crippen LogP contribution >= 0.6 is 0 Å². The lowest BCUT2D eigenvalue weighted by molar-refractivity contribution is -0.138. The number of aromatic nitrogens is 1. The number of aliphatic carboxylic acids is 1. The molecule has 0 saturated carbocycles. The Morgan fingerprint density at radius 2 is 1.63 bits per heavy atom. The minimum atomic E-state index is -1.11. The van der Waals surface area contributed by atoms with E-state index in [4.69, 9.17) is 5.11 Å². The van der Waals surface area contributed by atoms with E-state index >= 15 is 0 Å². The zero-order chi connectivity index (χ0) is 20.2. The van der Waals surface area contributed by atoms with Gasteiger partial charge >= 0.3 is 5.97 Å². The fraction of sp³-hybridized carbons (Fsp3) is 0.300. The molecule has 27 heavy (non-hydrogen) atoms. The standard InChI is InChI=1S/C20H23N3O4/c1-12(19(26)27)22-17(24)13-5-8-15(9-6-13)23-18(25)16-10-7-14(11-21-16)20(2,3)4/h5-12H,1-4H3,(H,22,24)(H,23,25)(H,26,27). The van der Waals surface area contributed by atoms with Crippen LogP contribution in [-0.2, 0) is 10.2 Å². The molecule has 0 spiro atoms. The highest BCUT2D eigenvalue weighted by atomic mass is 16.4. The molecule has 0 aliphatic heterocycles. The van der Waals surface area contributed by atoms with Crippen molar-refractivity contribution < 1.29 is 19.5 Å². The van der Waals surface area contributed by atoms with Crippen molar-refractivity contribution in [2.75, 3.05) is 5.32 Å². The van der Waals surface area contributed by atoms with Crippen LogP contribution < -0.4 is 10.6 Å². The summed E-state index contributed by atoms with van der Waals surface area (Å²) in [6.45, 7) is 7.59. The molecule has 0 aliphatic carbocycles. The second-order valence-electron chi connectivity index (χ2n) is 7.25. The molecule has 1 heterocycles. The van der Waals surface area contributed by atoms with Gasteiger partial charge in [-0.1, -0.05) is 26.8 Å². The maximum Gasteiger partial charge on any atom is 0.325 e. The Balaban J connectivity index is 2.02. The van der Waals surface area contributed by atoms with Gasteiger partial charge in [-0.3, -0.25) is 19.4 Å². The van der Waals surface area contributed by atoms with Gasteiger partial charge in [0.15, 0.2) is 0 Å². The highest BCUT2D eigenvalue weighted by molar-refractivity contribution is 6.03. The molecule has 0 saturated heterocycles. The number of nitrogens with zero attached hydrogens (tertiary/aromatic N) is 1. The Hall–Kier alpha value is -3.22. The third kappa shape index (κ3) is 5.37. The number of anilines is 1. The fourth-order valence-corrected chi connectivity index (χ4v) is 2.21. The maximum atomic E-state index is 12.3. The van der Waals surface area contributed by atoms with Crippen LogP contribution in [0.5, 0.6) is 0 Å². The van der Waals surface area contributed by atoms with E-state index in [9.17, 15) is 14.4 Å². The van der Waals surface area contributed by atoms with Crippen LogP contribution in [0.15, 0.2) is 42.6 Å². The first-order valence-corrected chi connectivity index (χ1v) is 8.49. The monoisotopic (exact) mass is 369 g/mol. The van der Waals surface area contributed by atoms with Crippen LogP contribution in [0.25, 0.3) is 0 Å². The number of hydrogen-bond acceptors (Lipinski definition) is 4. The van der Waals surface area contributed by atoms with E-state index < -0.39 is 17.9 Å². The fourth-order valence-electron chi connectivity index (χ4n) is 2.21. The summed E-state index contributed by atoms with van der Waals surface area (Å²) in [6, 6.07) is 8.72. The summed E-state index contributed by atoms with van der Waals surface area (Å²) in [7, 11) is 0. The Morgan fingerprint density at radius 1 is 1.00 bits per heavy atom. The number of hydrogen-bond donors (Lipinski definition) is 3. The van der Waals surface area contributed by atoms with E-state index in [0.29, 0.717) is 16.9 Å². The third-order valence-corrected chi connectivity index (χ3v) is 3.99. The number of pyridine rings is 1. The molecule has 3 N–H and O–H groups in total. The van der Waals surface area contributed by atoms with E-state index in [-0.39, 0.29) is 11.3 Å². The van der Waals surface area contributed by atoms with Crippen molar-refractivity contribution in [3.63, 3.8) is 0 Å². The van der Waals surface area contributed by atoms with Crippen molar-refractivity contribution in [1.82, 2.24) is 10.3 Å². The van der Waals surface area contributed by atoms with Crippen molar-refractivity contribution >= 4 is 23.5 Å². The number of nitrogens with one attached hydrogen (secondary N) is 2. The van der Waals surface area contributed by atoms with E-state index in [1.807, 2.05) is 6.07 Å². The van der Waals surface area contributed by atoms with Gasteiger partial charge < -0.3 is 15.7 Å². The summed E-state index contributed by atoms with van der Waals surface area (Å²) in [5.41, 5.74) is 2.08. The van der Waals surface area contributed by atoms with Crippen LogP contribution in [0.4, 0.5) is 5.69 Å². The van der Waals surface area contributed by atoms with Gasteiger partial charge in [-0.25, -0.2) is 0 Å². The van der Waals surface area contributed by atoms with Gasteiger partial charge in [0.2, 0.25) is 0 Å². The van der Waals surface area contributed by atoms with Crippen molar-refractivity contribution in [3.05, 3.63) is 59.4 Å². The van der Waals surface area contributed by atoms with Crippen LogP contribution in [0.1, 0.15) is 54.1 Å². The number of carbonyl (C=O) groups excluding carboxylic acids is 2. The summed E-state index contributed by atoms with van der Waals surface area (Å²) in [4.78, 5) is 39.2. The van der Waals surface area contributed by atoms with E-state index in [1.54, 1.807) is 24.4 Å². The highest BCUT2D eigenvalue weighted by Gasteiger charge is 2.17. The van der Waals surface area contributed by atoms with E-state index in [2.05, 4.69) is 36.4 Å². The average molecular weight is 369 g/mol. The number of carbonyl (C=O) groups is 3. The van der Waals surface area contributed by atoms with Crippen molar-refractivity contribution in [2.45, 2.75) is 39.2 Å². The first kappa shape index (κ1) is 20.1. The lowest BCUT2D eigenvalue weighted by Gasteiger charge is -2.18. The number of amides is 2. The molecule has 1 atom stereocenters. The second kappa shape index (κ2) is 7.99. The van der Waals surface area contributed by atoms with Crippen molar-refractivity contribution in [3.8, 4) is 0 Å².